The Balaban J connectivity index is 1.59. The van der Waals surface area contributed by atoms with Crippen LogP contribution in [0.5, 0.6) is 11.5 Å². The van der Waals surface area contributed by atoms with Gasteiger partial charge in [-0.15, -0.1) is 0 Å². The van der Waals surface area contributed by atoms with E-state index in [1.54, 1.807) is 0 Å². The third-order valence-electron chi connectivity index (χ3n) is 4.26. The van der Waals surface area contributed by atoms with Gasteiger partial charge < -0.3 is 14.8 Å². The molecule has 4 rings (SSSR count). The van der Waals surface area contributed by atoms with E-state index >= 15 is 0 Å². The molecule has 1 N–H and O–H groups in total. The van der Waals surface area contributed by atoms with Crippen LogP contribution in [0.1, 0.15) is 30.1 Å². The first kappa shape index (κ1) is 12.6. The third kappa shape index (κ3) is 2.22. The molecule has 0 bridgehead atoms. The van der Waals surface area contributed by atoms with Crippen LogP contribution in [-0.4, -0.2) is 23.0 Å². The molecule has 5 heteroatoms. The molecule has 1 atom stereocenters. The SMILES string of the molecule is Cn1ncc2c1CCCC2Nc1ccc2c(c1)OCCO2. The number of rotatable bonds is 2. The number of ether oxygens (including phenoxy) is 2. The Morgan fingerprint density at radius 3 is 3.00 bits per heavy atom. The van der Waals surface area contributed by atoms with Gasteiger partial charge in [0.1, 0.15) is 13.2 Å². The van der Waals surface area contributed by atoms with Crippen molar-refractivity contribution in [2.45, 2.75) is 25.3 Å². The van der Waals surface area contributed by atoms with Crippen LogP contribution in [0.4, 0.5) is 5.69 Å². The molecule has 1 aliphatic heterocycles. The second-order valence-electron chi connectivity index (χ2n) is 5.62. The number of aryl methyl sites for hydroxylation is 1. The van der Waals surface area contributed by atoms with E-state index in [1.165, 1.54) is 17.7 Å². The lowest BCUT2D eigenvalue weighted by atomic mass is 9.93. The number of anilines is 1. The summed E-state index contributed by atoms with van der Waals surface area (Å²) in [5, 5.41) is 8.00. The monoisotopic (exact) mass is 285 g/mol. The molecular formula is C16H19N3O2. The van der Waals surface area contributed by atoms with Crippen molar-refractivity contribution in [3.8, 4) is 11.5 Å². The fraction of sp³-hybridized carbons (Fsp3) is 0.438. The minimum absolute atomic E-state index is 0.324. The van der Waals surface area contributed by atoms with Gasteiger partial charge in [0.15, 0.2) is 11.5 Å². The number of benzene rings is 1. The van der Waals surface area contributed by atoms with Crippen LogP contribution in [0.2, 0.25) is 0 Å². The van der Waals surface area contributed by atoms with Crippen molar-refractivity contribution in [2.75, 3.05) is 18.5 Å². The highest BCUT2D eigenvalue weighted by atomic mass is 16.6. The summed E-state index contributed by atoms with van der Waals surface area (Å²) in [6.45, 7) is 1.24. The van der Waals surface area contributed by atoms with Crippen LogP contribution in [0.15, 0.2) is 24.4 Å². The molecule has 5 nitrogen and oxygen atoms in total. The maximum Gasteiger partial charge on any atom is 0.163 e. The lowest BCUT2D eigenvalue weighted by Crippen LogP contribution is -2.18. The molecule has 0 radical (unpaired) electrons. The van der Waals surface area contributed by atoms with Crippen LogP contribution in [0.25, 0.3) is 0 Å². The van der Waals surface area contributed by atoms with Crippen LogP contribution < -0.4 is 14.8 Å². The highest BCUT2D eigenvalue weighted by Crippen LogP contribution is 2.36. The van der Waals surface area contributed by atoms with E-state index in [9.17, 15) is 0 Å². The highest BCUT2D eigenvalue weighted by molar-refractivity contribution is 5.56. The van der Waals surface area contributed by atoms with Crippen molar-refractivity contribution in [1.29, 1.82) is 0 Å². The molecule has 0 saturated heterocycles. The van der Waals surface area contributed by atoms with Crippen LogP contribution in [0.3, 0.4) is 0 Å². The summed E-state index contributed by atoms with van der Waals surface area (Å²) < 4.78 is 13.2. The van der Waals surface area contributed by atoms with Gasteiger partial charge in [0, 0.05) is 30.1 Å². The van der Waals surface area contributed by atoms with E-state index < -0.39 is 0 Å². The summed E-state index contributed by atoms with van der Waals surface area (Å²) >= 11 is 0. The molecule has 1 aliphatic carbocycles. The van der Waals surface area contributed by atoms with E-state index in [1.807, 2.05) is 30.1 Å². The first-order chi connectivity index (χ1) is 10.3. The smallest absolute Gasteiger partial charge is 0.163 e. The van der Waals surface area contributed by atoms with Crippen molar-refractivity contribution in [2.24, 2.45) is 7.05 Å². The van der Waals surface area contributed by atoms with Crippen LogP contribution >= 0.6 is 0 Å². The summed E-state index contributed by atoms with van der Waals surface area (Å²) in [7, 11) is 2.02. The number of hydrogen-bond acceptors (Lipinski definition) is 4. The average molecular weight is 285 g/mol. The molecule has 2 aliphatic rings. The van der Waals surface area contributed by atoms with Gasteiger partial charge in [0.2, 0.25) is 0 Å². The van der Waals surface area contributed by atoms with Crippen molar-refractivity contribution in [3.05, 3.63) is 35.7 Å². The van der Waals surface area contributed by atoms with Gasteiger partial charge >= 0.3 is 0 Å². The van der Waals surface area contributed by atoms with Gasteiger partial charge in [0.05, 0.1) is 12.2 Å². The van der Waals surface area contributed by atoms with E-state index in [-0.39, 0.29) is 0 Å². The molecule has 1 aromatic heterocycles. The minimum Gasteiger partial charge on any atom is -0.486 e. The molecular weight excluding hydrogens is 266 g/mol. The van der Waals surface area contributed by atoms with Crippen LogP contribution in [-0.2, 0) is 13.5 Å². The summed E-state index contributed by atoms with van der Waals surface area (Å²) in [5.41, 5.74) is 3.73. The Hall–Kier alpha value is -2.17. The molecule has 21 heavy (non-hydrogen) atoms. The quantitative estimate of drug-likeness (QED) is 0.921. The predicted molar refractivity (Wildman–Crippen MR) is 79.9 cm³/mol. The number of nitrogens with zero attached hydrogens (tertiary/aromatic N) is 2. The number of aromatic nitrogens is 2. The first-order valence-electron chi connectivity index (χ1n) is 7.48. The van der Waals surface area contributed by atoms with Crippen molar-refractivity contribution < 1.29 is 9.47 Å². The van der Waals surface area contributed by atoms with Crippen molar-refractivity contribution >= 4 is 5.69 Å². The zero-order valence-electron chi connectivity index (χ0n) is 12.1. The minimum atomic E-state index is 0.324. The number of nitrogens with one attached hydrogen (secondary N) is 1. The molecule has 1 aromatic carbocycles. The second-order valence-corrected chi connectivity index (χ2v) is 5.62. The van der Waals surface area contributed by atoms with E-state index in [0.717, 1.165) is 30.0 Å². The lowest BCUT2D eigenvalue weighted by Gasteiger charge is -2.26. The zero-order chi connectivity index (χ0) is 14.2. The summed E-state index contributed by atoms with van der Waals surface area (Å²) in [4.78, 5) is 0. The van der Waals surface area contributed by atoms with E-state index in [4.69, 9.17) is 9.47 Å². The average Bonchev–Trinajstić information content (AvgIpc) is 2.90. The largest absolute Gasteiger partial charge is 0.486 e. The molecule has 0 spiro atoms. The Morgan fingerprint density at radius 2 is 2.10 bits per heavy atom. The summed E-state index contributed by atoms with van der Waals surface area (Å²) in [5.74, 6) is 1.66. The maximum atomic E-state index is 5.65. The molecule has 0 saturated carbocycles. The Kier molecular flexibility index (Phi) is 2.98. The van der Waals surface area contributed by atoms with Gasteiger partial charge in [-0.3, -0.25) is 4.68 Å². The lowest BCUT2D eigenvalue weighted by molar-refractivity contribution is 0.171. The topological polar surface area (TPSA) is 48.3 Å². The van der Waals surface area contributed by atoms with Gasteiger partial charge in [0.25, 0.3) is 0 Å². The molecule has 110 valence electrons. The van der Waals surface area contributed by atoms with E-state index in [2.05, 4.69) is 16.5 Å². The predicted octanol–water partition coefficient (Wildman–Crippen LogP) is 2.68. The number of fused-ring (bicyclic) bond motifs is 2. The van der Waals surface area contributed by atoms with E-state index in [0.29, 0.717) is 19.3 Å². The van der Waals surface area contributed by atoms with Gasteiger partial charge in [-0.1, -0.05) is 0 Å². The summed E-state index contributed by atoms with van der Waals surface area (Å²) in [6, 6.07) is 6.38. The maximum absolute atomic E-state index is 5.65. The zero-order valence-corrected chi connectivity index (χ0v) is 12.1. The summed E-state index contributed by atoms with van der Waals surface area (Å²) in [6.07, 6.45) is 5.43. The van der Waals surface area contributed by atoms with Gasteiger partial charge in [-0.2, -0.15) is 5.10 Å². The molecule has 0 amide bonds. The first-order valence-corrected chi connectivity index (χ1v) is 7.48. The normalized spacial score (nSPS) is 20.0. The number of hydrogen-bond donors (Lipinski definition) is 1. The third-order valence-corrected chi connectivity index (χ3v) is 4.26. The molecule has 2 heterocycles. The van der Waals surface area contributed by atoms with Crippen molar-refractivity contribution in [3.63, 3.8) is 0 Å². The van der Waals surface area contributed by atoms with Crippen LogP contribution in [0, 0.1) is 0 Å². The highest BCUT2D eigenvalue weighted by Gasteiger charge is 2.23. The fourth-order valence-electron chi connectivity index (χ4n) is 3.19. The Labute approximate surface area is 123 Å². The van der Waals surface area contributed by atoms with Crippen molar-refractivity contribution in [1.82, 2.24) is 9.78 Å². The standard InChI is InChI=1S/C16H19N3O2/c1-19-14-4-2-3-13(12(14)10-17-19)18-11-5-6-15-16(9-11)21-8-7-20-15/h5-6,9-10,13,18H,2-4,7-8H2,1H3. The Bertz CT molecular complexity index is 666. The fourth-order valence-corrected chi connectivity index (χ4v) is 3.19. The molecule has 1 unspecified atom stereocenters. The van der Waals surface area contributed by atoms with Gasteiger partial charge in [-0.25, -0.2) is 0 Å². The molecule has 2 aromatic rings. The second kappa shape index (κ2) is 4.98. The Morgan fingerprint density at radius 1 is 1.24 bits per heavy atom. The van der Waals surface area contributed by atoms with Gasteiger partial charge in [-0.05, 0) is 31.4 Å². The molecule has 0 fully saturated rings.